The molecule has 0 aliphatic heterocycles. The Morgan fingerprint density at radius 2 is 2.14 bits per heavy atom. The van der Waals surface area contributed by atoms with Gasteiger partial charge in [-0.1, -0.05) is 15.9 Å². The number of nitrogens with two attached hydrogens (primary N) is 1. The molecule has 0 bridgehead atoms. The molecule has 0 aliphatic carbocycles. The number of halogens is 3. The number of nitrogens with one attached hydrogen (secondary N) is 1. The molecule has 3 N–H and O–H groups in total. The molecule has 5 heteroatoms. The second-order valence-electron chi connectivity index (χ2n) is 2.91. The number of anilines is 2. The molecule has 0 unspecified atom stereocenters. The summed E-state index contributed by atoms with van der Waals surface area (Å²) in [7, 11) is 0. The maximum atomic E-state index is 11.9. The van der Waals surface area contributed by atoms with Crippen molar-refractivity contribution < 1.29 is 8.78 Å². The number of rotatable bonds is 3. The Morgan fingerprint density at radius 1 is 1.50 bits per heavy atom. The van der Waals surface area contributed by atoms with Gasteiger partial charge in [-0.05, 0) is 24.6 Å². The van der Waals surface area contributed by atoms with Crippen molar-refractivity contribution in [3.05, 3.63) is 22.2 Å². The number of hydrogen-bond donors (Lipinski definition) is 2. The summed E-state index contributed by atoms with van der Waals surface area (Å²) >= 11 is 3.30. The monoisotopic (exact) mass is 264 g/mol. The Bertz CT molecular complexity index is 329. The molecule has 0 heterocycles. The third kappa shape index (κ3) is 2.57. The molecule has 0 saturated carbocycles. The fraction of sp³-hybridized carbons (Fsp3) is 0.333. The van der Waals surface area contributed by atoms with E-state index < -0.39 is 6.43 Å². The van der Waals surface area contributed by atoms with E-state index in [1.807, 2.05) is 6.92 Å². The lowest BCUT2D eigenvalue weighted by molar-refractivity contribution is 0.163. The van der Waals surface area contributed by atoms with Gasteiger partial charge in [0.15, 0.2) is 0 Å². The fourth-order valence-electron chi connectivity index (χ4n) is 1.04. The molecule has 0 saturated heterocycles. The highest BCUT2D eigenvalue weighted by Gasteiger charge is 2.07. The number of nitrogen functional groups attached to an aromatic ring is 1. The van der Waals surface area contributed by atoms with Gasteiger partial charge in [-0.3, -0.25) is 0 Å². The van der Waals surface area contributed by atoms with Crippen molar-refractivity contribution in [2.24, 2.45) is 0 Å². The third-order valence-corrected chi connectivity index (χ3v) is 2.75. The first kappa shape index (κ1) is 11.2. The topological polar surface area (TPSA) is 38.0 Å². The van der Waals surface area contributed by atoms with Crippen molar-refractivity contribution in [1.82, 2.24) is 0 Å². The van der Waals surface area contributed by atoms with Crippen molar-refractivity contribution in [1.29, 1.82) is 0 Å². The second kappa shape index (κ2) is 4.59. The van der Waals surface area contributed by atoms with Gasteiger partial charge >= 0.3 is 0 Å². The molecule has 0 aliphatic rings. The fourth-order valence-corrected chi connectivity index (χ4v) is 1.39. The van der Waals surface area contributed by atoms with Crippen LogP contribution in [-0.2, 0) is 0 Å². The van der Waals surface area contributed by atoms with Crippen LogP contribution in [0.4, 0.5) is 20.2 Å². The van der Waals surface area contributed by atoms with Crippen molar-refractivity contribution >= 4 is 27.3 Å². The first-order valence-corrected chi connectivity index (χ1v) is 4.88. The Morgan fingerprint density at radius 3 is 2.71 bits per heavy atom. The van der Waals surface area contributed by atoms with Gasteiger partial charge in [0.1, 0.15) is 0 Å². The van der Waals surface area contributed by atoms with Crippen LogP contribution >= 0.6 is 15.9 Å². The second-order valence-corrected chi connectivity index (χ2v) is 3.76. The molecular weight excluding hydrogens is 254 g/mol. The van der Waals surface area contributed by atoms with Crippen molar-refractivity contribution in [2.75, 3.05) is 17.6 Å². The van der Waals surface area contributed by atoms with Crippen LogP contribution in [0.1, 0.15) is 5.56 Å². The first-order chi connectivity index (χ1) is 6.52. The van der Waals surface area contributed by atoms with Crippen molar-refractivity contribution in [3.8, 4) is 0 Å². The predicted octanol–water partition coefficient (Wildman–Crippen LogP) is 3.02. The van der Waals surface area contributed by atoms with Gasteiger partial charge in [0.25, 0.3) is 6.43 Å². The minimum Gasteiger partial charge on any atom is -0.397 e. The first-order valence-electron chi connectivity index (χ1n) is 4.09. The summed E-state index contributed by atoms with van der Waals surface area (Å²) in [6.07, 6.45) is -2.38. The molecule has 1 aromatic carbocycles. The summed E-state index contributed by atoms with van der Waals surface area (Å²) < 4.78 is 24.7. The molecule has 14 heavy (non-hydrogen) atoms. The molecule has 0 spiro atoms. The standard InChI is InChI=1S/C9H11BrF2N2/c1-5-6(10)2-3-7(9(5)13)14-4-8(11)12/h2-3,8,14H,4,13H2,1H3. The van der Waals surface area contributed by atoms with E-state index in [4.69, 9.17) is 5.73 Å². The highest BCUT2D eigenvalue weighted by Crippen LogP contribution is 2.28. The molecule has 1 aromatic rings. The summed E-state index contributed by atoms with van der Waals surface area (Å²) in [4.78, 5) is 0. The van der Waals surface area contributed by atoms with E-state index in [1.165, 1.54) is 0 Å². The molecule has 0 atom stereocenters. The summed E-state index contributed by atoms with van der Waals surface area (Å²) in [5.41, 5.74) is 7.63. The van der Waals surface area contributed by atoms with Crippen LogP contribution in [0, 0.1) is 6.92 Å². The molecule has 0 aromatic heterocycles. The van der Waals surface area contributed by atoms with Crippen LogP contribution in [0.15, 0.2) is 16.6 Å². The highest BCUT2D eigenvalue weighted by molar-refractivity contribution is 9.10. The van der Waals surface area contributed by atoms with Gasteiger partial charge in [-0.25, -0.2) is 8.78 Å². The van der Waals surface area contributed by atoms with Gasteiger partial charge in [-0.2, -0.15) is 0 Å². The van der Waals surface area contributed by atoms with E-state index in [-0.39, 0.29) is 6.54 Å². The minimum atomic E-state index is -2.38. The summed E-state index contributed by atoms with van der Waals surface area (Å²) in [6.45, 7) is 1.44. The smallest absolute Gasteiger partial charge is 0.255 e. The zero-order valence-corrected chi connectivity index (χ0v) is 9.24. The minimum absolute atomic E-state index is 0.384. The van der Waals surface area contributed by atoms with E-state index in [0.29, 0.717) is 11.4 Å². The number of hydrogen-bond acceptors (Lipinski definition) is 2. The van der Waals surface area contributed by atoms with Crippen LogP contribution in [0.25, 0.3) is 0 Å². The number of alkyl halides is 2. The zero-order chi connectivity index (χ0) is 10.7. The van der Waals surface area contributed by atoms with Crippen LogP contribution in [-0.4, -0.2) is 13.0 Å². The van der Waals surface area contributed by atoms with Gasteiger partial charge in [0.05, 0.1) is 17.9 Å². The van der Waals surface area contributed by atoms with Gasteiger partial charge in [-0.15, -0.1) is 0 Å². The quantitative estimate of drug-likeness (QED) is 0.824. The SMILES string of the molecule is Cc1c(Br)ccc(NCC(F)F)c1N. The van der Waals surface area contributed by atoms with E-state index in [0.717, 1.165) is 10.0 Å². The van der Waals surface area contributed by atoms with Crippen LogP contribution in [0.3, 0.4) is 0 Å². The lowest BCUT2D eigenvalue weighted by atomic mass is 10.2. The predicted molar refractivity (Wildman–Crippen MR) is 57.8 cm³/mol. The van der Waals surface area contributed by atoms with Crippen LogP contribution < -0.4 is 11.1 Å². The largest absolute Gasteiger partial charge is 0.397 e. The Labute approximate surface area is 89.6 Å². The van der Waals surface area contributed by atoms with E-state index >= 15 is 0 Å². The maximum absolute atomic E-state index is 11.9. The van der Waals surface area contributed by atoms with Gasteiger partial charge in [0.2, 0.25) is 0 Å². The Balaban J connectivity index is 2.83. The molecule has 0 radical (unpaired) electrons. The van der Waals surface area contributed by atoms with Crippen LogP contribution in [0.5, 0.6) is 0 Å². The lowest BCUT2D eigenvalue weighted by Gasteiger charge is -2.11. The summed E-state index contributed by atoms with van der Waals surface area (Å²) in [5.74, 6) is 0. The molecule has 0 amide bonds. The van der Waals surface area contributed by atoms with Crippen LogP contribution in [0.2, 0.25) is 0 Å². The molecule has 0 fully saturated rings. The van der Waals surface area contributed by atoms with E-state index in [9.17, 15) is 8.78 Å². The molecule has 1 rings (SSSR count). The Kier molecular flexibility index (Phi) is 3.69. The number of benzene rings is 1. The summed E-state index contributed by atoms with van der Waals surface area (Å²) in [6, 6.07) is 3.45. The zero-order valence-electron chi connectivity index (χ0n) is 7.65. The molecule has 2 nitrogen and oxygen atoms in total. The van der Waals surface area contributed by atoms with Crippen molar-refractivity contribution in [3.63, 3.8) is 0 Å². The lowest BCUT2D eigenvalue weighted by Crippen LogP contribution is -2.12. The average molecular weight is 265 g/mol. The Hall–Kier alpha value is -0.840. The highest BCUT2D eigenvalue weighted by atomic mass is 79.9. The molecule has 78 valence electrons. The molecular formula is C9H11BrF2N2. The summed E-state index contributed by atoms with van der Waals surface area (Å²) in [5, 5.41) is 2.58. The van der Waals surface area contributed by atoms with Gasteiger partial charge in [0, 0.05) is 4.47 Å². The van der Waals surface area contributed by atoms with Gasteiger partial charge < -0.3 is 11.1 Å². The normalized spacial score (nSPS) is 10.6. The average Bonchev–Trinajstić information content (AvgIpc) is 2.13. The van der Waals surface area contributed by atoms with E-state index in [2.05, 4.69) is 21.2 Å². The van der Waals surface area contributed by atoms with E-state index in [1.54, 1.807) is 12.1 Å². The van der Waals surface area contributed by atoms with Crippen molar-refractivity contribution in [2.45, 2.75) is 13.3 Å². The maximum Gasteiger partial charge on any atom is 0.255 e. The third-order valence-electron chi connectivity index (χ3n) is 1.90.